The first kappa shape index (κ1) is 26.2. The summed E-state index contributed by atoms with van der Waals surface area (Å²) in [6, 6.07) is 26.4. The van der Waals surface area contributed by atoms with Crippen molar-refractivity contribution in [3.8, 4) is 22.3 Å². The Morgan fingerprint density at radius 2 is 1.50 bits per heavy atom. The molecular formula is C30H25FN2O5. The van der Waals surface area contributed by atoms with Gasteiger partial charge in [0.15, 0.2) is 5.78 Å². The molecule has 0 saturated carbocycles. The molecule has 4 rings (SSSR count). The highest BCUT2D eigenvalue weighted by atomic mass is 19.1. The minimum absolute atomic E-state index is 0.0261. The number of nitrogens with zero attached hydrogens (tertiary/aromatic N) is 1. The molecule has 0 radical (unpaired) electrons. The lowest BCUT2D eigenvalue weighted by molar-refractivity contribution is -0.387. The minimum Gasteiger partial charge on any atom is -0.481 e. The van der Waals surface area contributed by atoms with Crippen molar-refractivity contribution in [2.45, 2.75) is 25.8 Å². The summed E-state index contributed by atoms with van der Waals surface area (Å²) in [5, 5.41) is 23.2. The molecule has 0 aliphatic heterocycles. The lowest BCUT2D eigenvalue weighted by Crippen LogP contribution is -2.02. The van der Waals surface area contributed by atoms with Gasteiger partial charge in [-0.25, -0.2) is 0 Å². The van der Waals surface area contributed by atoms with Gasteiger partial charge in [0.2, 0.25) is 5.82 Å². The number of nitro groups is 1. The number of benzene rings is 4. The van der Waals surface area contributed by atoms with E-state index in [2.05, 4.69) is 5.32 Å². The largest absolute Gasteiger partial charge is 0.481 e. The van der Waals surface area contributed by atoms with Crippen LogP contribution in [0.15, 0.2) is 91.0 Å². The Bertz CT molecular complexity index is 1470. The zero-order valence-electron chi connectivity index (χ0n) is 20.4. The molecule has 0 aliphatic carbocycles. The highest BCUT2D eigenvalue weighted by Gasteiger charge is 2.15. The fraction of sp³-hybridized carbons (Fsp3) is 0.133. The average Bonchev–Trinajstić information content (AvgIpc) is 2.92. The van der Waals surface area contributed by atoms with E-state index >= 15 is 0 Å². The summed E-state index contributed by atoms with van der Waals surface area (Å²) < 4.78 is 13.7. The van der Waals surface area contributed by atoms with Crippen molar-refractivity contribution in [2.75, 3.05) is 5.32 Å². The van der Waals surface area contributed by atoms with Gasteiger partial charge in [0.1, 0.15) is 0 Å². The van der Waals surface area contributed by atoms with Crippen LogP contribution in [0.3, 0.4) is 0 Å². The molecule has 0 atom stereocenters. The number of nitrogens with one attached hydrogen (secondary N) is 1. The van der Waals surface area contributed by atoms with Crippen LogP contribution in [0.5, 0.6) is 0 Å². The maximum absolute atomic E-state index is 13.7. The Balaban J connectivity index is 1.43. The fourth-order valence-corrected chi connectivity index (χ4v) is 4.15. The number of halogens is 1. The van der Waals surface area contributed by atoms with E-state index in [4.69, 9.17) is 5.11 Å². The molecular weight excluding hydrogens is 487 g/mol. The molecule has 0 aromatic heterocycles. The summed E-state index contributed by atoms with van der Waals surface area (Å²) >= 11 is 0. The molecule has 192 valence electrons. The van der Waals surface area contributed by atoms with Crippen LogP contribution in [0.1, 0.15) is 35.2 Å². The molecule has 4 aromatic carbocycles. The third kappa shape index (κ3) is 6.47. The van der Waals surface area contributed by atoms with Gasteiger partial charge in [-0.2, -0.15) is 4.39 Å². The first-order valence-corrected chi connectivity index (χ1v) is 12.0. The predicted octanol–water partition coefficient (Wildman–Crippen LogP) is 7.12. The van der Waals surface area contributed by atoms with E-state index in [1.165, 1.54) is 12.1 Å². The first-order valence-electron chi connectivity index (χ1n) is 12.0. The van der Waals surface area contributed by atoms with Crippen LogP contribution in [0, 0.1) is 15.9 Å². The van der Waals surface area contributed by atoms with Crippen molar-refractivity contribution in [1.29, 1.82) is 0 Å². The van der Waals surface area contributed by atoms with Gasteiger partial charge in [-0.15, -0.1) is 0 Å². The van der Waals surface area contributed by atoms with Gasteiger partial charge in [0.25, 0.3) is 0 Å². The maximum atomic E-state index is 13.7. The summed E-state index contributed by atoms with van der Waals surface area (Å²) in [6.45, 7) is 0.535. The SMILES string of the molecule is O=C(O)CCCC(=O)c1ccc(-c2ccccc2CNc2ccc(-c3ccc(F)c([N+](=O)[O-])c3)cc2)cc1. The first-order chi connectivity index (χ1) is 18.3. The van der Waals surface area contributed by atoms with Crippen molar-refractivity contribution >= 4 is 23.1 Å². The van der Waals surface area contributed by atoms with Crippen LogP contribution in [0.4, 0.5) is 15.8 Å². The van der Waals surface area contributed by atoms with E-state index in [1.807, 2.05) is 60.7 Å². The van der Waals surface area contributed by atoms with Gasteiger partial charge >= 0.3 is 11.7 Å². The number of carbonyl (C=O) groups is 2. The Hall–Kier alpha value is -4.85. The summed E-state index contributed by atoms with van der Waals surface area (Å²) in [7, 11) is 0. The van der Waals surface area contributed by atoms with Gasteiger partial charge in [-0.1, -0.05) is 66.7 Å². The second-order valence-electron chi connectivity index (χ2n) is 8.76. The quantitative estimate of drug-likeness (QED) is 0.126. The molecule has 0 spiro atoms. The van der Waals surface area contributed by atoms with Crippen molar-refractivity contribution in [3.63, 3.8) is 0 Å². The summed E-state index contributed by atoms with van der Waals surface area (Å²) in [5.41, 5.74) is 5.15. The molecule has 0 saturated heterocycles. The number of nitro benzene ring substituents is 1. The van der Waals surface area contributed by atoms with Crippen LogP contribution in [0.25, 0.3) is 22.3 Å². The molecule has 0 unspecified atom stereocenters. The van der Waals surface area contributed by atoms with E-state index < -0.39 is 22.4 Å². The zero-order chi connectivity index (χ0) is 27.1. The van der Waals surface area contributed by atoms with Gasteiger partial charge in [0, 0.05) is 36.7 Å². The zero-order valence-corrected chi connectivity index (χ0v) is 20.4. The standard InChI is InChI=1S/C30H25FN2O5/c31-27-17-14-23(18-28(27)33(37)38)20-12-15-25(16-13-20)32-19-24-4-1-2-5-26(24)21-8-10-22(11-9-21)29(34)6-3-7-30(35)36/h1-2,4-5,8-18,32H,3,6-7,19H2,(H,35,36). The van der Waals surface area contributed by atoms with Crippen LogP contribution < -0.4 is 5.32 Å². The van der Waals surface area contributed by atoms with E-state index in [1.54, 1.807) is 12.1 Å². The predicted molar refractivity (Wildman–Crippen MR) is 144 cm³/mol. The molecule has 0 heterocycles. The summed E-state index contributed by atoms with van der Waals surface area (Å²) in [4.78, 5) is 33.3. The number of rotatable bonds is 11. The number of ketones is 1. The molecule has 0 fully saturated rings. The van der Waals surface area contributed by atoms with Gasteiger partial charge < -0.3 is 10.4 Å². The average molecular weight is 513 g/mol. The number of aliphatic carboxylic acids is 1. The lowest BCUT2D eigenvalue weighted by Gasteiger charge is -2.13. The van der Waals surface area contributed by atoms with Gasteiger partial charge in [-0.3, -0.25) is 19.7 Å². The minimum atomic E-state index is -0.909. The van der Waals surface area contributed by atoms with E-state index in [0.29, 0.717) is 24.1 Å². The summed E-state index contributed by atoms with van der Waals surface area (Å²) in [5.74, 6) is -1.85. The second kappa shape index (κ2) is 11.9. The van der Waals surface area contributed by atoms with Crippen molar-refractivity contribution in [1.82, 2.24) is 0 Å². The molecule has 4 aromatic rings. The fourth-order valence-electron chi connectivity index (χ4n) is 4.15. The number of Topliss-reactive ketones (excluding diaryl/α,β-unsaturated/α-hetero) is 1. The number of anilines is 1. The maximum Gasteiger partial charge on any atom is 0.305 e. The van der Waals surface area contributed by atoms with E-state index in [-0.39, 0.29) is 18.6 Å². The molecule has 0 bridgehead atoms. The Kier molecular flexibility index (Phi) is 8.23. The van der Waals surface area contributed by atoms with Crippen LogP contribution in [-0.2, 0) is 11.3 Å². The van der Waals surface area contributed by atoms with Gasteiger partial charge in [-0.05, 0) is 52.4 Å². The number of carbonyl (C=O) groups excluding carboxylic acids is 1. The van der Waals surface area contributed by atoms with Crippen molar-refractivity contribution in [2.24, 2.45) is 0 Å². The van der Waals surface area contributed by atoms with Crippen LogP contribution >= 0.6 is 0 Å². The molecule has 38 heavy (non-hydrogen) atoms. The van der Waals surface area contributed by atoms with E-state index in [9.17, 15) is 24.1 Å². The Morgan fingerprint density at radius 3 is 2.18 bits per heavy atom. The second-order valence-corrected chi connectivity index (χ2v) is 8.76. The summed E-state index contributed by atoms with van der Waals surface area (Å²) in [6.07, 6.45) is 0.486. The highest BCUT2D eigenvalue weighted by Crippen LogP contribution is 2.28. The smallest absolute Gasteiger partial charge is 0.305 e. The van der Waals surface area contributed by atoms with E-state index in [0.717, 1.165) is 34.0 Å². The molecule has 0 amide bonds. The lowest BCUT2D eigenvalue weighted by atomic mass is 9.97. The molecule has 7 nitrogen and oxygen atoms in total. The number of hydrogen-bond acceptors (Lipinski definition) is 5. The molecule has 2 N–H and O–H groups in total. The third-order valence-electron chi connectivity index (χ3n) is 6.17. The highest BCUT2D eigenvalue weighted by molar-refractivity contribution is 5.96. The topological polar surface area (TPSA) is 110 Å². The van der Waals surface area contributed by atoms with Crippen LogP contribution in [-0.4, -0.2) is 21.8 Å². The van der Waals surface area contributed by atoms with Crippen LogP contribution in [0.2, 0.25) is 0 Å². The molecule has 8 heteroatoms. The van der Waals surface area contributed by atoms with Crippen molar-refractivity contribution in [3.05, 3.63) is 118 Å². The normalized spacial score (nSPS) is 10.7. The molecule has 0 aliphatic rings. The Labute approximate surface area is 218 Å². The van der Waals surface area contributed by atoms with Gasteiger partial charge in [0.05, 0.1) is 4.92 Å². The monoisotopic (exact) mass is 512 g/mol. The number of hydrogen-bond donors (Lipinski definition) is 2. The Morgan fingerprint density at radius 1 is 0.842 bits per heavy atom. The number of carboxylic acid groups (broad SMARTS) is 1. The number of carboxylic acids is 1. The third-order valence-corrected chi connectivity index (χ3v) is 6.17. The van der Waals surface area contributed by atoms with Crippen molar-refractivity contribution < 1.29 is 24.0 Å².